The van der Waals surface area contributed by atoms with Gasteiger partial charge in [0.05, 0.1) is 42.1 Å². The van der Waals surface area contributed by atoms with Gasteiger partial charge in [-0.15, -0.1) is 0 Å². The van der Waals surface area contributed by atoms with Gasteiger partial charge in [-0.2, -0.15) is 0 Å². The summed E-state index contributed by atoms with van der Waals surface area (Å²) >= 11 is 5.77. The number of thiocarbonyl (C=S) groups is 1. The molecular weight excluding hydrogens is 480 g/mol. The molecule has 0 bridgehead atoms. The van der Waals surface area contributed by atoms with Crippen LogP contribution in [-0.2, 0) is 0 Å². The Bertz CT molecular complexity index is 1420. The van der Waals surface area contributed by atoms with Gasteiger partial charge in [-0.25, -0.2) is 0 Å². The summed E-state index contributed by atoms with van der Waals surface area (Å²) in [5.41, 5.74) is 1.84. The molecule has 3 heterocycles. The molecule has 5 rings (SSSR count). The van der Waals surface area contributed by atoms with Gasteiger partial charge in [0, 0.05) is 18.3 Å². The van der Waals surface area contributed by atoms with Crippen LogP contribution in [0.15, 0.2) is 83.4 Å². The van der Waals surface area contributed by atoms with Crippen molar-refractivity contribution in [2.45, 2.75) is 12.1 Å². The second-order valence-electron chi connectivity index (χ2n) is 8.01. The molecule has 0 amide bonds. The third kappa shape index (κ3) is 4.11. The molecule has 4 aromatic rings. The second kappa shape index (κ2) is 9.67. The van der Waals surface area contributed by atoms with Crippen LogP contribution in [0.1, 0.15) is 23.5 Å². The van der Waals surface area contributed by atoms with Gasteiger partial charge in [-0.05, 0) is 54.7 Å². The first-order valence-corrected chi connectivity index (χ1v) is 11.5. The van der Waals surface area contributed by atoms with Gasteiger partial charge < -0.3 is 24.1 Å². The number of methoxy groups -OCH3 is 2. The molecule has 1 N–H and O–H groups in total. The quantitative estimate of drug-likeness (QED) is 0.201. The molecule has 0 radical (unpaired) electrons. The number of hydrogen-bond donors (Lipinski definition) is 1. The molecule has 1 aliphatic heterocycles. The van der Waals surface area contributed by atoms with Gasteiger partial charge >= 0.3 is 0 Å². The van der Waals surface area contributed by atoms with Crippen LogP contribution in [0.25, 0.3) is 11.3 Å². The highest BCUT2D eigenvalue weighted by Gasteiger charge is 2.43. The Kier molecular flexibility index (Phi) is 6.26. The molecule has 0 saturated carbocycles. The van der Waals surface area contributed by atoms with Crippen molar-refractivity contribution in [3.63, 3.8) is 0 Å². The van der Waals surface area contributed by atoms with Crippen LogP contribution < -0.4 is 19.7 Å². The van der Waals surface area contributed by atoms with E-state index in [0.717, 1.165) is 5.69 Å². The molecule has 2 aromatic carbocycles. The van der Waals surface area contributed by atoms with Gasteiger partial charge in [0.1, 0.15) is 29.1 Å². The lowest BCUT2D eigenvalue weighted by Crippen LogP contribution is -2.29. The van der Waals surface area contributed by atoms with Crippen molar-refractivity contribution >= 4 is 28.7 Å². The highest BCUT2D eigenvalue weighted by Crippen LogP contribution is 2.46. The largest absolute Gasteiger partial charge is 0.497 e. The highest BCUT2D eigenvalue weighted by molar-refractivity contribution is 7.80. The molecule has 2 atom stereocenters. The number of furan rings is 1. The van der Waals surface area contributed by atoms with E-state index in [1.807, 2.05) is 41.3 Å². The smallest absolute Gasteiger partial charge is 0.280 e. The Balaban J connectivity index is 1.64. The SMILES string of the molecule is COc1ccc(N2C(=S)N[C@@H](c3ccccn3)[C@H]2c2ccc(-c3ccccc3[N+](=O)[O-])o2)c(OC)c1. The van der Waals surface area contributed by atoms with E-state index in [4.69, 9.17) is 26.1 Å². The number of benzene rings is 2. The van der Waals surface area contributed by atoms with Crippen molar-refractivity contribution in [2.75, 3.05) is 19.1 Å². The zero-order valence-electron chi connectivity index (χ0n) is 19.5. The van der Waals surface area contributed by atoms with E-state index >= 15 is 0 Å². The zero-order chi connectivity index (χ0) is 25.2. The van der Waals surface area contributed by atoms with E-state index in [1.165, 1.54) is 6.07 Å². The molecule has 9 nitrogen and oxygen atoms in total. The minimum absolute atomic E-state index is 0.0339. The van der Waals surface area contributed by atoms with E-state index < -0.39 is 11.0 Å². The van der Waals surface area contributed by atoms with Crippen LogP contribution in [0.4, 0.5) is 11.4 Å². The number of anilines is 1. The predicted molar refractivity (Wildman–Crippen MR) is 138 cm³/mol. The minimum atomic E-state index is -0.453. The fraction of sp³-hybridized carbons (Fsp3) is 0.154. The van der Waals surface area contributed by atoms with Gasteiger partial charge in [0.2, 0.25) is 0 Å². The van der Waals surface area contributed by atoms with Crippen LogP contribution in [0, 0.1) is 10.1 Å². The molecule has 0 spiro atoms. The summed E-state index contributed by atoms with van der Waals surface area (Å²) < 4.78 is 17.3. The van der Waals surface area contributed by atoms with Crippen LogP contribution in [0.5, 0.6) is 11.5 Å². The van der Waals surface area contributed by atoms with Crippen molar-refractivity contribution in [2.24, 2.45) is 0 Å². The number of para-hydroxylation sites is 1. The van der Waals surface area contributed by atoms with Crippen LogP contribution in [0.3, 0.4) is 0 Å². The number of nitrogens with zero attached hydrogens (tertiary/aromatic N) is 3. The maximum absolute atomic E-state index is 11.6. The number of nitro benzene ring substituents is 1. The molecule has 36 heavy (non-hydrogen) atoms. The van der Waals surface area contributed by atoms with Gasteiger partial charge in [-0.1, -0.05) is 18.2 Å². The molecular formula is C26H22N4O5S. The van der Waals surface area contributed by atoms with Crippen molar-refractivity contribution in [3.8, 4) is 22.8 Å². The Morgan fingerprint density at radius 3 is 2.58 bits per heavy atom. The Labute approximate surface area is 212 Å². The molecule has 182 valence electrons. The van der Waals surface area contributed by atoms with Crippen LogP contribution >= 0.6 is 12.2 Å². The summed E-state index contributed by atoms with van der Waals surface area (Å²) in [6.45, 7) is 0. The van der Waals surface area contributed by atoms with Crippen LogP contribution in [0.2, 0.25) is 0 Å². The number of rotatable bonds is 7. The first-order chi connectivity index (χ1) is 17.5. The lowest BCUT2D eigenvalue weighted by Gasteiger charge is -2.27. The van der Waals surface area contributed by atoms with E-state index in [9.17, 15) is 10.1 Å². The molecule has 1 fully saturated rings. The summed E-state index contributed by atoms with van der Waals surface area (Å²) in [4.78, 5) is 17.6. The summed E-state index contributed by atoms with van der Waals surface area (Å²) in [6, 6.07) is 20.4. The normalized spacial score (nSPS) is 17.1. The monoisotopic (exact) mass is 502 g/mol. The molecule has 1 saturated heterocycles. The summed E-state index contributed by atoms with van der Waals surface area (Å²) in [5, 5.41) is 15.4. The number of nitro groups is 1. The molecule has 0 unspecified atom stereocenters. The number of ether oxygens (including phenoxy) is 2. The van der Waals surface area contributed by atoms with Crippen molar-refractivity contribution in [3.05, 3.63) is 101 Å². The van der Waals surface area contributed by atoms with Crippen LogP contribution in [-0.4, -0.2) is 29.2 Å². The van der Waals surface area contributed by atoms with E-state index in [0.29, 0.717) is 39.4 Å². The average Bonchev–Trinajstić information content (AvgIpc) is 3.53. The maximum Gasteiger partial charge on any atom is 0.280 e. The van der Waals surface area contributed by atoms with Crippen molar-refractivity contribution in [1.82, 2.24) is 10.3 Å². The van der Waals surface area contributed by atoms with E-state index in [2.05, 4.69) is 10.3 Å². The Morgan fingerprint density at radius 1 is 1.06 bits per heavy atom. The summed E-state index contributed by atoms with van der Waals surface area (Å²) in [5.74, 6) is 2.15. The number of hydrogen-bond acceptors (Lipinski definition) is 7. The third-order valence-electron chi connectivity index (χ3n) is 6.03. The number of pyridine rings is 1. The lowest BCUT2D eigenvalue weighted by atomic mass is 10.0. The standard InChI is InChI=1S/C26H22N4O5S/c1-33-16-10-11-20(23(15-16)34-2)29-25(24(28-26(29)36)18-8-5-6-14-27-18)22-13-12-21(35-22)17-7-3-4-9-19(17)30(31)32/h3-15,24-25H,1-2H3,(H,28,36)/t24-,25+/m0/s1. The second-order valence-corrected chi connectivity index (χ2v) is 8.40. The third-order valence-corrected chi connectivity index (χ3v) is 6.34. The van der Waals surface area contributed by atoms with Gasteiger partial charge in [0.15, 0.2) is 5.11 Å². The topological polar surface area (TPSA) is 103 Å². The Hall–Kier alpha value is -4.44. The fourth-order valence-corrected chi connectivity index (χ4v) is 4.72. The number of nitrogens with one attached hydrogen (secondary N) is 1. The summed E-state index contributed by atoms with van der Waals surface area (Å²) in [6.07, 6.45) is 1.72. The minimum Gasteiger partial charge on any atom is -0.497 e. The van der Waals surface area contributed by atoms with Crippen molar-refractivity contribution in [1.29, 1.82) is 0 Å². The molecule has 10 heteroatoms. The maximum atomic E-state index is 11.6. The van der Waals surface area contributed by atoms with Crippen molar-refractivity contribution < 1.29 is 18.8 Å². The first kappa shape index (κ1) is 23.3. The van der Waals surface area contributed by atoms with E-state index in [1.54, 1.807) is 50.7 Å². The van der Waals surface area contributed by atoms with Gasteiger partial charge in [0.25, 0.3) is 5.69 Å². The van der Waals surface area contributed by atoms with Gasteiger partial charge in [-0.3, -0.25) is 15.1 Å². The average molecular weight is 503 g/mol. The summed E-state index contributed by atoms with van der Waals surface area (Å²) in [7, 11) is 3.17. The number of aromatic nitrogens is 1. The van der Waals surface area contributed by atoms with E-state index in [-0.39, 0.29) is 11.7 Å². The molecule has 1 aliphatic rings. The zero-order valence-corrected chi connectivity index (χ0v) is 20.3. The Morgan fingerprint density at radius 2 is 1.86 bits per heavy atom. The molecule has 0 aliphatic carbocycles. The first-order valence-electron chi connectivity index (χ1n) is 11.1. The highest BCUT2D eigenvalue weighted by atomic mass is 32.1. The fourth-order valence-electron chi connectivity index (χ4n) is 4.38. The molecule has 2 aromatic heterocycles. The lowest BCUT2D eigenvalue weighted by molar-refractivity contribution is -0.384. The predicted octanol–water partition coefficient (Wildman–Crippen LogP) is 5.44.